The molecule has 1 amide bonds. The summed E-state index contributed by atoms with van der Waals surface area (Å²) in [6.07, 6.45) is 2.02. The summed E-state index contributed by atoms with van der Waals surface area (Å²) in [7, 11) is 3.34. The van der Waals surface area contributed by atoms with Crippen LogP contribution in [0.1, 0.15) is 23.2 Å². The van der Waals surface area contributed by atoms with Gasteiger partial charge in [-0.3, -0.25) is 4.79 Å². The Balaban J connectivity index is 2.00. The third-order valence-corrected chi connectivity index (χ3v) is 4.32. The maximum atomic E-state index is 12.4. The largest absolute Gasteiger partial charge is 0.496 e. The van der Waals surface area contributed by atoms with E-state index in [1.54, 1.807) is 14.2 Å². The molecule has 20 heavy (non-hydrogen) atoms. The van der Waals surface area contributed by atoms with E-state index in [9.17, 15) is 4.79 Å². The number of rotatable bonds is 4. The lowest BCUT2D eigenvalue weighted by atomic mass is 9.97. The maximum Gasteiger partial charge on any atom is 0.253 e. The van der Waals surface area contributed by atoms with E-state index in [-0.39, 0.29) is 5.91 Å². The molecule has 1 aliphatic heterocycles. The summed E-state index contributed by atoms with van der Waals surface area (Å²) in [4.78, 5) is 14.4. The van der Waals surface area contributed by atoms with Gasteiger partial charge in [0.15, 0.2) is 0 Å². The van der Waals surface area contributed by atoms with Crippen molar-refractivity contribution in [1.29, 1.82) is 0 Å². The van der Waals surface area contributed by atoms with Crippen molar-refractivity contribution in [3.05, 3.63) is 28.2 Å². The van der Waals surface area contributed by atoms with Crippen LogP contribution in [-0.2, 0) is 4.74 Å². The zero-order valence-corrected chi connectivity index (χ0v) is 13.5. The van der Waals surface area contributed by atoms with E-state index in [1.807, 2.05) is 23.1 Å². The lowest BCUT2D eigenvalue weighted by molar-refractivity contribution is 0.0613. The highest BCUT2D eigenvalue weighted by molar-refractivity contribution is 9.10. The maximum absolute atomic E-state index is 12.4. The van der Waals surface area contributed by atoms with Crippen molar-refractivity contribution < 1.29 is 14.3 Å². The molecule has 2 rings (SSSR count). The normalized spacial score (nSPS) is 16.2. The van der Waals surface area contributed by atoms with Crippen molar-refractivity contribution in [2.45, 2.75) is 12.8 Å². The molecular weight excluding hydrogens is 322 g/mol. The number of carbonyl (C=O) groups is 1. The second-order valence-electron chi connectivity index (χ2n) is 5.04. The lowest BCUT2D eigenvalue weighted by Gasteiger charge is -2.31. The second-order valence-corrected chi connectivity index (χ2v) is 5.89. The summed E-state index contributed by atoms with van der Waals surface area (Å²) in [5.74, 6) is 1.40. The molecule has 0 aliphatic carbocycles. The fourth-order valence-electron chi connectivity index (χ4n) is 2.52. The van der Waals surface area contributed by atoms with Crippen LogP contribution >= 0.6 is 15.9 Å². The van der Waals surface area contributed by atoms with Crippen LogP contribution in [0.25, 0.3) is 0 Å². The Hall–Kier alpha value is -1.07. The molecule has 1 aromatic carbocycles. The van der Waals surface area contributed by atoms with Crippen LogP contribution in [0, 0.1) is 5.92 Å². The number of likely N-dealkylation sites (tertiary alicyclic amines) is 1. The molecule has 0 bridgehead atoms. The third-order valence-electron chi connectivity index (χ3n) is 3.70. The quantitative estimate of drug-likeness (QED) is 0.845. The van der Waals surface area contributed by atoms with Crippen molar-refractivity contribution in [3.63, 3.8) is 0 Å². The van der Waals surface area contributed by atoms with Crippen LogP contribution in [0.5, 0.6) is 5.75 Å². The average molecular weight is 342 g/mol. The molecule has 0 N–H and O–H groups in total. The predicted molar refractivity (Wildman–Crippen MR) is 81.2 cm³/mol. The van der Waals surface area contributed by atoms with Crippen molar-refractivity contribution >= 4 is 21.8 Å². The molecule has 0 atom stereocenters. The molecular formula is C15H20BrNO3. The summed E-state index contributed by atoms with van der Waals surface area (Å²) in [5.41, 5.74) is 0.697. The number of ether oxygens (including phenoxy) is 2. The topological polar surface area (TPSA) is 38.8 Å². The first-order chi connectivity index (χ1) is 9.65. The van der Waals surface area contributed by atoms with Crippen LogP contribution < -0.4 is 4.74 Å². The SMILES string of the molecule is COCC1CCN(C(=O)c2ccc(OC)c(Br)c2)CC1. The summed E-state index contributed by atoms with van der Waals surface area (Å²) in [6.45, 7) is 2.39. The molecule has 1 heterocycles. The Morgan fingerprint density at radius 2 is 2.05 bits per heavy atom. The molecule has 0 saturated carbocycles. The molecule has 1 aromatic rings. The van der Waals surface area contributed by atoms with Crippen molar-refractivity contribution in [1.82, 2.24) is 4.90 Å². The molecule has 0 radical (unpaired) electrons. The van der Waals surface area contributed by atoms with Gasteiger partial charge >= 0.3 is 0 Å². The molecule has 5 heteroatoms. The van der Waals surface area contributed by atoms with Crippen LogP contribution in [-0.4, -0.2) is 44.7 Å². The molecule has 110 valence electrons. The van der Waals surface area contributed by atoms with E-state index in [1.165, 1.54) is 0 Å². The number of hydrogen-bond acceptors (Lipinski definition) is 3. The Labute approximate surface area is 128 Å². The fourth-order valence-corrected chi connectivity index (χ4v) is 3.06. The van der Waals surface area contributed by atoms with Crippen molar-refractivity contribution in [2.75, 3.05) is 33.9 Å². The van der Waals surface area contributed by atoms with E-state index in [0.29, 0.717) is 11.5 Å². The van der Waals surface area contributed by atoms with E-state index < -0.39 is 0 Å². The Kier molecular flexibility index (Phi) is 5.43. The van der Waals surface area contributed by atoms with Crippen LogP contribution in [0.4, 0.5) is 0 Å². The molecule has 1 aliphatic rings. The predicted octanol–water partition coefficient (Wildman–Crippen LogP) is 2.96. The van der Waals surface area contributed by atoms with Gasteiger partial charge in [-0.1, -0.05) is 0 Å². The smallest absolute Gasteiger partial charge is 0.253 e. The zero-order chi connectivity index (χ0) is 14.5. The number of amides is 1. The number of halogens is 1. The molecule has 4 nitrogen and oxygen atoms in total. The van der Waals surface area contributed by atoms with Gasteiger partial charge in [0.05, 0.1) is 11.6 Å². The Morgan fingerprint density at radius 3 is 2.60 bits per heavy atom. The van der Waals surface area contributed by atoms with E-state index >= 15 is 0 Å². The minimum absolute atomic E-state index is 0.0872. The number of piperidine rings is 1. The third kappa shape index (κ3) is 3.52. The average Bonchev–Trinajstić information content (AvgIpc) is 2.47. The minimum Gasteiger partial charge on any atom is -0.496 e. The number of methoxy groups -OCH3 is 2. The van der Waals surface area contributed by atoms with Gasteiger partial charge in [-0.2, -0.15) is 0 Å². The van der Waals surface area contributed by atoms with Gasteiger partial charge in [0.25, 0.3) is 5.91 Å². The fraction of sp³-hybridized carbons (Fsp3) is 0.533. The lowest BCUT2D eigenvalue weighted by Crippen LogP contribution is -2.39. The van der Waals surface area contributed by atoms with Gasteiger partial charge < -0.3 is 14.4 Å². The van der Waals surface area contributed by atoms with E-state index in [4.69, 9.17) is 9.47 Å². The molecule has 0 unspecified atom stereocenters. The monoisotopic (exact) mass is 341 g/mol. The number of hydrogen-bond donors (Lipinski definition) is 0. The highest BCUT2D eigenvalue weighted by Gasteiger charge is 2.23. The second kappa shape index (κ2) is 7.09. The van der Waals surface area contributed by atoms with Crippen molar-refractivity contribution in [2.24, 2.45) is 5.92 Å². The first-order valence-electron chi connectivity index (χ1n) is 6.77. The van der Waals surface area contributed by atoms with E-state index in [2.05, 4.69) is 15.9 Å². The molecule has 0 spiro atoms. The van der Waals surface area contributed by atoms with Gasteiger partial charge in [0.2, 0.25) is 0 Å². The van der Waals surface area contributed by atoms with Crippen LogP contribution in [0.3, 0.4) is 0 Å². The van der Waals surface area contributed by atoms with Gasteiger partial charge in [-0.15, -0.1) is 0 Å². The zero-order valence-electron chi connectivity index (χ0n) is 11.9. The summed E-state index contributed by atoms with van der Waals surface area (Å²) in [6, 6.07) is 5.45. The van der Waals surface area contributed by atoms with Gasteiger partial charge in [-0.05, 0) is 52.9 Å². The molecule has 0 aromatic heterocycles. The first-order valence-corrected chi connectivity index (χ1v) is 7.56. The van der Waals surface area contributed by atoms with Crippen molar-refractivity contribution in [3.8, 4) is 5.75 Å². The van der Waals surface area contributed by atoms with Gasteiger partial charge in [0.1, 0.15) is 5.75 Å². The number of nitrogens with zero attached hydrogens (tertiary/aromatic N) is 1. The van der Waals surface area contributed by atoms with Crippen LogP contribution in [0.15, 0.2) is 22.7 Å². The molecule has 1 fully saturated rings. The van der Waals surface area contributed by atoms with Crippen LogP contribution in [0.2, 0.25) is 0 Å². The standard InChI is InChI=1S/C15H20BrNO3/c1-19-10-11-5-7-17(8-6-11)15(18)12-3-4-14(20-2)13(16)9-12/h3-4,9,11H,5-8,10H2,1-2H3. The van der Waals surface area contributed by atoms with Gasteiger partial charge in [0, 0.05) is 32.4 Å². The minimum atomic E-state index is 0.0872. The number of benzene rings is 1. The summed E-state index contributed by atoms with van der Waals surface area (Å²) < 4.78 is 11.2. The summed E-state index contributed by atoms with van der Waals surface area (Å²) >= 11 is 3.42. The highest BCUT2D eigenvalue weighted by Crippen LogP contribution is 2.27. The Bertz CT molecular complexity index is 470. The van der Waals surface area contributed by atoms with Gasteiger partial charge in [-0.25, -0.2) is 0 Å². The number of carbonyl (C=O) groups excluding carboxylic acids is 1. The summed E-state index contributed by atoms with van der Waals surface area (Å²) in [5, 5.41) is 0. The van der Waals surface area contributed by atoms with E-state index in [0.717, 1.165) is 42.8 Å². The Morgan fingerprint density at radius 1 is 1.35 bits per heavy atom. The molecule has 1 saturated heterocycles. The first kappa shape index (κ1) is 15.3. The highest BCUT2D eigenvalue weighted by atomic mass is 79.9.